The van der Waals surface area contributed by atoms with Crippen LogP contribution in [0.5, 0.6) is 5.75 Å². The highest BCUT2D eigenvalue weighted by atomic mass is 35.5. The molecule has 1 aromatic heterocycles. The highest BCUT2D eigenvalue weighted by molar-refractivity contribution is 7.70. The fourth-order valence-electron chi connectivity index (χ4n) is 5.82. The van der Waals surface area contributed by atoms with Gasteiger partial charge in [-0.2, -0.15) is 4.98 Å². The number of nitrogens with one attached hydrogen (secondary N) is 2. The van der Waals surface area contributed by atoms with Gasteiger partial charge in [0.25, 0.3) is 0 Å². The van der Waals surface area contributed by atoms with E-state index in [4.69, 9.17) is 22.1 Å². The molecule has 2 saturated heterocycles. The maximum atomic E-state index is 12.8. The second-order valence-corrected chi connectivity index (χ2v) is 14.9. The van der Waals surface area contributed by atoms with Crippen molar-refractivity contribution in [3.8, 4) is 5.75 Å². The SMILES string of the molecule is COc1cc(N2CCC(N3CCN(CCN)CC3)CC2)ccc1Nc1ncc(Cl)c(Nc2ccccc2P(C)(C)=O)n1.Cl. The zero-order valence-corrected chi connectivity index (χ0v) is 27.6. The van der Waals surface area contributed by atoms with E-state index < -0.39 is 7.14 Å². The number of hydrogen-bond acceptors (Lipinski definition) is 10. The molecule has 0 aliphatic carbocycles. The summed E-state index contributed by atoms with van der Waals surface area (Å²) in [5.41, 5.74) is 8.34. The molecule has 3 aromatic rings. The Morgan fingerprint density at radius 2 is 1.74 bits per heavy atom. The number of nitrogens with zero attached hydrogens (tertiary/aromatic N) is 5. The summed E-state index contributed by atoms with van der Waals surface area (Å²) < 4.78 is 18.6. The Kier molecular flexibility index (Phi) is 11.6. The topological polar surface area (TPSA) is 112 Å². The van der Waals surface area contributed by atoms with Crippen molar-refractivity contribution < 1.29 is 9.30 Å². The van der Waals surface area contributed by atoms with Gasteiger partial charge in [0.2, 0.25) is 5.95 Å². The monoisotopic (exact) mass is 648 g/mol. The Hall–Kier alpha value is -2.59. The molecule has 0 amide bonds. The van der Waals surface area contributed by atoms with Crippen LogP contribution in [-0.2, 0) is 4.57 Å². The third-order valence-corrected chi connectivity index (χ3v) is 9.94. The second kappa shape index (κ2) is 14.9. The molecule has 5 rings (SSSR count). The second-order valence-electron chi connectivity index (χ2n) is 11.3. The van der Waals surface area contributed by atoms with Crippen molar-refractivity contribution in [2.45, 2.75) is 18.9 Å². The Balaban J connectivity index is 0.00000423. The van der Waals surface area contributed by atoms with E-state index in [9.17, 15) is 4.57 Å². The third-order valence-electron chi connectivity index (χ3n) is 8.11. The first-order valence-electron chi connectivity index (χ1n) is 14.6. The first kappa shape index (κ1) is 33.3. The Bertz CT molecular complexity index is 1410. The molecule has 2 aliphatic heterocycles. The van der Waals surface area contributed by atoms with Crippen LogP contribution < -0.4 is 31.3 Å². The average Bonchev–Trinajstić information content (AvgIpc) is 2.99. The minimum Gasteiger partial charge on any atom is -0.494 e. The molecule has 10 nitrogen and oxygen atoms in total. The minimum atomic E-state index is -2.51. The van der Waals surface area contributed by atoms with Gasteiger partial charge in [0.15, 0.2) is 5.82 Å². The van der Waals surface area contributed by atoms with Gasteiger partial charge < -0.3 is 30.6 Å². The lowest BCUT2D eigenvalue weighted by atomic mass is 10.0. The first-order valence-corrected chi connectivity index (χ1v) is 17.5. The summed E-state index contributed by atoms with van der Waals surface area (Å²) in [6.07, 6.45) is 3.85. The molecule has 43 heavy (non-hydrogen) atoms. The summed E-state index contributed by atoms with van der Waals surface area (Å²) in [6.45, 7) is 11.7. The van der Waals surface area contributed by atoms with E-state index in [-0.39, 0.29) is 12.4 Å². The predicted molar refractivity (Wildman–Crippen MR) is 182 cm³/mol. The van der Waals surface area contributed by atoms with Crippen molar-refractivity contribution in [3.63, 3.8) is 0 Å². The fraction of sp³-hybridized carbons (Fsp3) is 0.467. The summed E-state index contributed by atoms with van der Waals surface area (Å²) in [4.78, 5) is 16.5. The van der Waals surface area contributed by atoms with Crippen LogP contribution in [0.4, 0.5) is 28.8 Å². The maximum Gasteiger partial charge on any atom is 0.229 e. The molecule has 2 aliphatic rings. The normalized spacial score (nSPS) is 16.9. The molecular weight excluding hydrogens is 606 g/mol. The van der Waals surface area contributed by atoms with Gasteiger partial charge >= 0.3 is 0 Å². The van der Waals surface area contributed by atoms with E-state index in [0.717, 1.165) is 81.9 Å². The predicted octanol–water partition coefficient (Wildman–Crippen LogP) is 4.84. The number of methoxy groups -OCH3 is 1. The van der Waals surface area contributed by atoms with Crippen molar-refractivity contribution in [1.29, 1.82) is 0 Å². The van der Waals surface area contributed by atoms with E-state index in [1.165, 1.54) is 0 Å². The zero-order valence-electron chi connectivity index (χ0n) is 25.1. The maximum absolute atomic E-state index is 12.8. The number of ether oxygens (including phenoxy) is 1. The number of hydrogen-bond donors (Lipinski definition) is 3. The molecule has 3 heterocycles. The number of piperazine rings is 1. The van der Waals surface area contributed by atoms with Crippen LogP contribution in [0.3, 0.4) is 0 Å². The van der Waals surface area contributed by atoms with Gasteiger partial charge in [0.1, 0.15) is 17.9 Å². The van der Waals surface area contributed by atoms with E-state index >= 15 is 0 Å². The molecule has 0 radical (unpaired) electrons. The Labute approximate surface area is 266 Å². The molecule has 13 heteroatoms. The molecule has 0 saturated carbocycles. The van der Waals surface area contributed by atoms with Gasteiger partial charge in [-0.25, -0.2) is 4.98 Å². The van der Waals surface area contributed by atoms with Gasteiger partial charge in [-0.3, -0.25) is 9.80 Å². The van der Waals surface area contributed by atoms with Crippen LogP contribution in [0.1, 0.15) is 12.8 Å². The Morgan fingerprint density at radius 1 is 1.02 bits per heavy atom. The quantitative estimate of drug-likeness (QED) is 0.264. The number of para-hydroxylation sites is 1. The molecule has 4 N–H and O–H groups in total. The molecular formula is C30H43Cl2N8O2P. The number of aromatic nitrogens is 2. The molecule has 0 spiro atoms. The molecule has 2 fully saturated rings. The number of rotatable bonds is 10. The largest absolute Gasteiger partial charge is 0.494 e. The number of benzene rings is 2. The van der Waals surface area contributed by atoms with Gasteiger partial charge in [-0.15, -0.1) is 12.4 Å². The van der Waals surface area contributed by atoms with Crippen LogP contribution in [0, 0.1) is 0 Å². The molecule has 2 aromatic carbocycles. The molecule has 234 valence electrons. The lowest BCUT2D eigenvalue weighted by Crippen LogP contribution is -2.53. The molecule has 0 atom stereocenters. The fourth-order valence-corrected chi connectivity index (χ4v) is 7.11. The van der Waals surface area contributed by atoms with Crippen molar-refractivity contribution in [2.24, 2.45) is 5.73 Å². The zero-order chi connectivity index (χ0) is 29.7. The van der Waals surface area contributed by atoms with Crippen LogP contribution in [0.25, 0.3) is 0 Å². The van der Waals surface area contributed by atoms with Crippen LogP contribution in [0.15, 0.2) is 48.7 Å². The number of nitrogens with two attached hydrogens (primary N) is 1. The highest BCUT2D eigenvalue weighted by Crippen LogP contribution is 2.39. The van der Waals surface area contributed by atoms with Gasteiger partial charge in [0, 0.05) is 75.5 Å². The smallest absolute Gasteiger partial charge is 0.229 e. The van der Waals surface area contributed by atoms with E-state index in [0.29, 0.717) is 34.3 Å². The lowest BCUT2D eigenvalue weighted by molar-refractivity contribution is 0.0866. The van der Waals surface area contributed by atoms with Crippen molar-refractivity contribution in [3.05, 3.63) is 53.7 Å². The van der Waals surface area contributed by atoms with Crippen LogP contribution >= 0.6 is 31.1 Å². The van der Waals surface area contributed by atoms with Crippen molar-refractivity contribution >= 4 is 65.3 Å². The van der Waals surface area contributed by atoms with E-state index in [2.05, 4.69) is 47.4 Å². The highest BCUT2D eigenvalue weighted by Gasteiger charge is 2.28. The van der Waals surface area contributed by atoms with Crippen molar-refractivity contribution in [2.75, 3.05) is 88.3 Å². The standard InChI is InChI=1S/C30H42ClN8O2P.ClH/c1-41-27-20-23(38-13-10-22(11-14-38)39-18-16-37(15-12-32)17-19-39)8-9-25(27)35-30-33-21-24(31)29(36-30)34-26-6-4-5-7-28(26)42(2,3)40;/h4-9,20-22H,10-19,32H2,1-3H3,(H2,33,34,35,36);1H. The lowest BCUT2D eigenvalue weighted by Gasteiger charge is -2.43. The summed E-state index contributed by atoms with van der Waals surface area (Å²) in [7, 11) is -0.843. The number of anilines is 5. The van der Waals surface area contributed by atoms with Gasteiger partial charge in [-0.1, -0.05) is 23.7 Å². The number of piperidine rings is 1. The Morgan fingerprint density at radius 3 is 2.42 bits per heavy atom. The van der Waals surface area contributed by atoms with Gasteiger partial charge in [-0.05, 0) is 50.4 Å². The van der Waals surface area contributed by atoms with Crippen LogP contribution in [0.2, 0.25) is 5.02 Å². The summed E-state index contributed by atoms with van der Waals surface area (Å²) in [5.74, 6) is 1.50. The first-order chi connectivity index (χ1) is 20.2. The summed E-state index contributed by atoms with van der Waals surface area (Å²) in [6, 6.07) is 14.3. The molecule has 0 bridgehead atoms. The average molecular weight is 650 g/mol. The number of halogens is 2. The van der Waals surface area contributed by atoms with Gasteiger partial charge in [0.05, 0.1) is 24.7 Å². The molecule has 0 unspecified atom stereocenters. The minimum absolute atomic E-state index is 0. The summed E-state index contributed by atoms with van der Waals surface area (Å²) in [5, 5.41) is 7.62. The third kappa shape index (κ3) is 8.32. The van der Waals surface area contributed by atoms with Crippen molar-refractivity contribution in [1.82, 2.24) is 19.8 Å². The van der Waals surface area contributed by atoms with Crippen LogP contribution in [-0.4, -0.2) is 98.6 Å². The van der Waals surface area contributed by atoms with E-state index in [1.807, 2.05) is 30.3 Å². The van der Waals surface area contributed by atoms with E-state index in [1.54, 1.807) is 26.6 Å². The summed E-state index contributed by atoms with van der Waals surface area (Å²) >= 11 is 6.44.